The Labute approximate surface area is 99.9 Å². The molecule has 0 aromatic rings. The van der Waals surface area contributed by atoms with Crippen LogP contribution >= 0.6 is 0 Å². The molecule has 0 heterocycles. The van der Waals surface area contributed by atoms with Gasteiger partial charge < -0.3 is 14.8 Å². The second-order valence-corrected chi connectivity index (χ2v) is 5.48. The molecule has 96 valence electrons. The van der Waals surface area contributed by atoms with Gasteiger partial charge >= 0.3 is 0 Å². The van der Waals surface area contributed by atoms with Gasteiger partial charge in [0.15, 0.2) is 0 Å². The lowest BCUT2D eigenvalue weighted by Gasteiger charge is -2.31. The normalized spacial score (nSPS) is 20.2. The van der Waals surface area contributed by atoms with Crippen LogP contribution in [0.15, 0.2) is 0 Å². The third-order valence-electron chi connectivity index (χ3n) is 3.68. The second-order valence-electron chi connectivity index (χ2n) is 5.48. The van der Waals surface area contributed by atoms with Gasteiger partial charge in [-0.25, -0.2) is 0 Å². The van der Waals surface area contributed by atoms with Gasteiger partial charge in [-0.1, -0.05) is 12.8 Å². The van der Waals surface area contributed by atoms with Crippen molar-refractivity contribution in [2.45, 2.75) is 57.2 Å². The van der Waals surface area contributed by atoms with Gasteiger partial charge in [0.25, 0.3) is 0 Å². The van der Waals surface area contributed by atoms with E-state index in [9.17, 15) is 0 Å². The van der Waals surface area contributed by atoms with Gasteiger partial charge in [0.2, 0.25) is 0 Å². The first-order valence-electron chi connectivity index (χ1n) is 6.37. The highest BCUT2D eigenvalue weighted by Crippen LogP contribution is 2.33. The van der Waals surface area contributed by atoms with E-state index in [0.717, 1.165) is 19.6 Å². The van der Waals surface area contributed by atoms with Crippen LogP contribution in [0.25, 0.3) is 0 Å². The fourth-order valence-corrected chi connectivity index (χ4v) is 2.33. The third kappa shape index (κ3) is 4.04. The molecule has 1 fully saturated rings. The van der Waals surface area contributed by atoms with Gasteiger partial charge in [-0.2, -0.15) is 0 Å². The monoisotopic (exact) mass is 229 g/mol. The minimum atomic E-state index is -0.0700. The molecule has 0 atom stereocenters. The van der Waals surface area contributed by atoms with Crippen LogP contribution in [0.4, 0.5) is 0 Å². The molecule has 3 heteroatoms. The highest BCUT2D eigenvalue weighted by molar-refractivity contribution is 4.88. The van der Waals surface area contributed by atoms with Gasteiger partial charge in [0, 0.05) is 13.7 Å². The fourth-order valence-electron chi connectivity index (χ4n) is 2.33. The lowest BCUT2D eigenvalue weighted by atomic mass is 10.0. The van der Waals surface area contributed by atoms with E-state index in [1.165, 1.54) is 25.7 Å². The number of likely N-dealkylation sites (N-methyl/N-ethyl adjacent to an activating group) is 1. The molecule has 16 heavy (non-hydrogen) atoms. The predicted molar refractivity (Wildman–Crippen MR) is 66.8 cm³/mol. The van der Waals surface area contributed by atoms with Gasteiger partial charge in [-0.05, 0) is 40.2 Å². The SMILES string of the molecule is CNCC1(OCCC(C)(C)OC)CCCC1. The van der Waals surface area contributed by atoms with Gasteiger partial charge in [-0.3, -0.25) is 0 Å². The fraction of sp³-hybridized carbons (Fsp3) is 1.00. The molecule has 0 spiro atoms. The van der Waals surface area contributed by atoms with E-state index in [-0.39, 0.29) is 11.2 Å². The van der Waals surface area contributed by atoms with E-state index in [1.54, 1.807) is 7.11 Å². The van der Waals surface area contributed by atoms with Gasteiger partial charge in [0.1, 0.15) is 0 Å². The lowest BCUT2D eigenvalue weighted by Crippen LogP contribution is -2.40. The van der Waals surface area contributed by atoms with Gasteiger partial charge in [-0.15, -0.1) is 0 Å². The summed E-state index contributed by atoms with van der Waals surface area (Å²) in [6.07, 6.45) is 5.95. The van der Waals surface area contributed by atoms with Gasteiger partial charge in [0.05, 0.1) is 17.8 Å². The van der Waals surface area contributed by atoms with Crippen molar-refractivity contribution < 1.29 is 9.47 Å². The molecule has 3 nitrogen and oxygen atoms in total. The Kier molecular flexibility index (Phi) is 5.22. The van der Waals surface area contributed by atoms with Crippen LogP contribution < -0.4 is 5.32 Å². The molecule has 0 aromatic heterocycles. The first kappa shape index (κ1) is 13.9. The smallest absolute Gasteiger partial charge is 0.0806 e. The minimum Gasteiger partial charge on any atom is -0.379 e. The molecule has 0 saturated heterocycles. The van der Waals surface area contributed by atoms with Crippen LogP contribution in [-0.2, 0) is 9.47 Å². The van der Waals surface area contributed by atoms with Crippen LogP contribution in [0.3, 0.4) is 0 Å². The molecule has 0 aliphatic heterocycles. The van der Waals surface area contributed by atoms with Crippen LogP contribution in [-0.4, -0.2) is 38.5 Å². The summed E-state index contributed by atoms with van der Waals surface area (Å²) in [7, 11) is 3.77. The Morgan fingerprint density at radius 2 is 1.88 bits per heavy atom. The summed E-state index contributed by atoms with van der Waals surface area (Å²) in [6.45, 7) is 5.98. The molecule has 1 aliphatic rings. The summed E-state index contributed by atoms with van der Waals surface area (Å²) in [6, 6.07) is 0. The summed E-state index contributed by atoms with van der Waals surface area (Å²) < 4.78 is 11.5. The highest BCUT2D eigenvalue weighted by Gasteiger charge is 2.34. The number of hydrogen-bond acceptors (Lipinski definition) is 3. The molecule has 0 radical (unpaired) electrons. The molecule has 0 aromatic carbocycles. The topological polar surface area (TPSA) is 30.5 Å². The van der Waals surface area contributed by atoms with Crippen molar-refractivity contribution in [3.8, 4) is 0 Å². The number of methoxy groups -OCH3 is 1. The van der Waals surface area contributed by atoms with Crippen molar-refractivity contribution in [1.29, 1.82) is 0 Å². The lowest BCUT2D eigenvalue weighted by molar-refractivity contribution is -0.0701. The number of rotatable bonds is 7. The summed E-state index contributed by atoms with van der Waals surface area (Å²) in [4.78, 5) is 0. The van der Waals surface area contributed by atoms with E-state index < -0.39 is 0 Å². The van der Waals surface area contributed by atoms with Crippen molar-refractivity contribution in [3.63, 3.8) is 0 Å². The number of ether oxygens (including phenoxy) is 2. The molecule has 1 rings (SSSR count). The zero-order valence-corrected chi connectivity index (χ0v) is 11.3. The number of nitrogens with one attached hydrogen (secondary N) is 1. The first-order chi connectivity index (χ1) is 7.54. The Morgan fingerprint density at radius 1 is 1.25 bits per heavy atom. The zero-order valence-electron chi connectivity index (χ0n) is 11.3. The molecular weight excluding hydrogens is 202 g/mol. The molecule has 1 N–H and O–H groups in total. The van der Waals surface area contributed by atoms with E-state index in [1.807, 2.05) is 7.05 Å². The van der Waals surface area contributed by atoms with Crippen molar-refractivity contribution in [1.82, 2.24) is 5.32 Å². The Morgan fingerprint density at radius 3 is 2.38 bits per heavy atom. The maximum Gasteiger partial charge on any atom is 0.0806 e. The molecular formula is C13H27NO2. The van der Waals surface area contributed by atoms with E-state index >= 15 is 0 Å². The Balaban J connectivity index is 2.33. The molecule has 1 saturated carbocycles. The van der Waals surface area contributed by atoms with Crippen LogP contribution in [0.1, 0.15) is 46.0 Å². The Bertz CT molecular complexity index is 198. The van der Waals surface area contributed by atoms with E-state index in [0.29, 0.717) is 0 Å². The van der Waals surface area contributed by atoms with Crippen molar-refractivity contribution in [2.75, 3.05) is 27.3 Å². The summed E-state index contributed by atoms with van der Waals surface area (Å²) >= 11 is 0. The summed E-state index contributed by atoms with van der Waals surface area (Å²) in [5.41, 5.74) is 0.0258. The van der Waals surface area contributed by atoms with Crippen molar-refractivity contribution >= 4 is 0 Å². The average molecular weight is 229 g/mol. The van der Waals surface area contributed by atoms with E-state index in [2.05, 4.69) is 19.2 Å². The average Bonchev–Trinajstić information content (AvgIpc) is 2.67. The maximum absolute atomic E-state index is 6.13. The van der Waals surface area contributed by atoms with Crippen molar-refractivity contribution in [3.05, 3.63) is 0 Å². The minimum absolute atomic E-state index is 0.0700. The molecule has 0 unspecified atom stereocenters. The zero-order chi connectivity index (χ0) is 12.1. The summed E-state index contributed by atoms with van der Waals surface area (Å²) in [5.74, 6) is 0. The molecule has 0 amide bonds. The van der Waals surface area contributed by atoms with Crippen LogP contribution in [0, 0.1) is 0 Å². The van der Waals surface area contributed by atoms with Crippen LogP contribution in [0.5, 0.6) is 0 Å². The maximum atomic E-state index is 6.13. The third-order valence-corrected chi connectivity index (χ3v) is 3.68. The number of hydrogen-bond donors (Lipinski definition) is 1. The Hall–Kier alpha value is -0.120. The summed E-state index contributed by atoms with van der Waals surface area (Å²) in [5, 5.41) is 3.26. The predicted octanol–water partition coefficient (Wildman–Crippen LogP) is 2.35. The standard InChI is InChI=1S/C13H27NO2/c1-12(2,15-4)9-10-16-13(11-14-3)7-5-6-8-13/h14H,5-11H2,1-4H3. The second kappa shape index (κ2) is 5.99. The van der Waals surface area contributed by atoms with Crippen LogP contribution in [0.2, 0.25) is 0 Å². The largest absolute Gasteiger partial charge is 0.379 e. The molecule has 0 bridgehead atoms. The highest BCUT2D eigenvalue weighted by atomic mass is 16.5. The first-order valence-corrected chi connectivity index (χ1v) is 6.37. The quantitative estimate of drug-likeness (QED) is 0.727. The van der Waals surface area contributed by atoms with Crippen molar-refractivity contribution in [2.24, 2.45) is 0 Å². The van der Waals surface area contributed by atoms with E-state index in [4.69, 9.17) is 9.47 Å². The molecule has 1 aliphatic carbocycles.